The maximum atomic E-state index is 9.51. The number of aliphatic hydroxyl groups is 1. The normalized spacial score (nSPS) is 15.1. The molecule has 0 aromatic heterocycles. The van der Waals surface area contributed by atoms with Gasteiger partial charge < -0.3 is 5.11 Å². The molecule has 0 bridgehead atoms. The predicted octanol–water partition coefficient (Wildman–Crippen LogP) is 4.52. The highest BCUT2D eigenvalue weighted by Crippen LogP contribution is 2.28. The average Bonchev–Trinajstić information content (AvgIpc) is 2.93. The molecule has 0 aliphatic heterocycles. The molecule has 1 aliphatic carbocycles. The lowest BCUT2D eigenvalue weighted by Crippen LogP contribution is -1.90. The molecule has 0 fully saturated rings. The van der Waals surface area contributed by atoms with E-state index in [1.165, 1.54) is 29.7 Å². The second-order valence-electron chi connectivity index (χ2n) is 5.49. The van der Waals surface area contributed by atoms with Crippen molar-refractivity contribution in [1.82, 2.24) is 0 Å². The maximum Gasteiger partial charge on any atom is 0.0761 e. The van der Waals surface area contributed by atoms with Crippen molar-refractivity contribution in [3.63, 3.8) is 0 Å². The van der Waals surface area contributed by atoms with Crippen LogP contribution in [0, 0.1) is 0 Å². The monoisotopic (exact) mass is 284 g/mol. The summed E-state index contributed by atoms with van der Waals surface area (Å²) in [6.07, 6.45) is 3.43. The van der Waals surface area contributed by atoms with Crippen LogP contribution in [0.1, 0.15) is 41.7 Å². The summed E-state index contributed by atoms with van der Waals surface area (Å²) >= 11 is 1.86. The Morgan fingerprint density at radius 1 is 1.05 bits per heavy atom. The highest BCUT2D eigenvalue weighted by atomic mass is 32.2. The van der Waals surface area contributed by atoms with Crippen LogP contribution < -0.4 is 0 Å². The number of fused-ring (bicyclic) bond motifs is 1. The number of rotatable bonds is 4. The van der Waals surface area contributed by atoms with Crippen molar-refractivity contribution in [3.8, 4) is 0 Å². The molecule has 104 valence electrons. The molecule has 1 aliphatic rings. The first-order chi connectivity index (χ1) is 9.72. The van der Waals surface area contributed by atoms with E-state index in [-0.39, 0.29) is 6.10 Å². The number of aliphatic hydroxyl groups excluding tert-OH is 1. The van der Waals surface area contributed by atoms with Crippen LogP contribution in [-0.4, -0.2) is 5.11 Å². The van der Waals surface area contributed by atoms with Crippen molar-refractivity contribution < 1.29 is 5.11 Å². The Balaban J connectivity index is 1.64. The molecule has 1 atom stereocenters. The van der Waals surface area contributed by atoms with Crippen LogP contribution in [0.3, 0.4) is 0 Å². The van der Waals surface area contributed by atoms with Crippen LogP contribution in [0.4, 0.5) is 0 Å². The van der Waals surface area contributed by atoms with Crippen molar-refractivity contribution >= 4 is 11.8 Å². The SMILES string of the molecule is CC(O)c1ccc(SCc2ccc3c(c2)CCC3)cc1. The summed E-state index contributed by atoms with van der Waals surface area (Å²) in [6, 6.07) is 15.2. The van der Waals surface area contributed by atoms with Crippen LogP contribution in [0.5, 0.6) is 0 Å². The van der Waals surface area contributed by atoms with Gasteiger partial charge in [0, 0.05) is 10.6 Å². The molecule has 1 unspecified atom stereocenters. The van der Waals surface area contributed by atoms with Gasteiger partial charge in [0.2, 0.25) is 0 Å². The molecule has 3 rings (SSSR count). The van der Waals surface area contributed by atoms with Gasteiger partial charge in [-0.15, -0.1) is 11.8 Å². The number of benzene rings is 2. The van der Waals surface area contributed by atoms with Gasteiger partial charge in [-0.25, -0.2) is 0 Å². The highest BCUT2D eigenvalue weighted by Gasteiger charge is 2.10. The Hall–Kier alpha value is -1.25. The quantitative estimate of drug-likeness (QED) is 0.833. The molecule has 1 N–H and O–H groups in total. The topological polar surface area (TPSA) is 20.2 Å². The van der Waals surface area contributed by atoms with Crippen molar-refractivity contribution in [2.24, 2.45) is 0 Å². The first-order valence-electron chi connectivity index (χ1n) is 7.24. The van der Waals surface area contributed by atoms with Gasteiger partial charge in [-0.2, -0.15) is 0 Å². The molecule has 0 saturated carbocycles. The molecule has 2 aromatic carbocycles. The van der Waals surface area contributed by atoms with E-state index in [9.17, 15) is 5.11 Å². The first-order valence-corrected chi connectivity index (χ1v) is 8.22. The number of hydrogen-bond acceptors (Lipinski definition) is 2. The van der Waals surface area contributed by atoms with E-state index in [4.69, 9.17) is 0 Å². The van der Waals surface area contributed by atoms with E-state index in [1.807, 2.05) is 23.9 Å². The van der Waals surface area contributed by atoms with E-state index < -0.39 is 0 Å². The lowest BCUT2D eigenvalue weighted by Gasteiger charge is -2.07. The van der Waals surface area contributed by atoms with Crippen molar-refractivity contribution in [3.05, 3.63) is 64.7 Å². The van der Waals surface area contributed by atoms with Gasteiger partial charge in [0.25, 0.3) is 0 Å². The minimum Gasteiger partial charge on any atom is -0.389 e. The van der Waals surface area contributed by atoms with Gasteiger partial charge in [-0.1, -0.05) is 30.3 Å². The summed E-state index contributed by atoms with van der Waals surface area (Å²) in [5.74, 6) is 1.02. The molecule has 0 radical (unpaired) electrons. The standard InChI is InChI=1S/C18H20OS/c1-13(19)15-7-9-18(10-8-15)20-12-14-5-6-16-3-2-4-17(16)11-14/h5-11,13,19H,2-4,12H2,1H3. The van der Waals surface area contributed by atoms with Gasteiger partial charge in [0.15, 0.2) is 0 Å². The molecular formula is C18H20OS. The molecule has 20 heavy (non-hydrogen) atoms. The fourth-order valence-electron chi connectivity index (χ4n) is 2.72. The van der Waals surface area contributed by atoms with Crippen LogP contribution in [0.25, 0.3) is 0 Å². The van der Waals surface area contributed by atoms with Crippen molar-refractivity contribution in [2.75, 3.05) is 0 Å². The molecule has 1 nitrogen and oxygen atoms in total. The third kappa shape index (κ3) is 3.08. The molecule has 2 aromatic rings. The van der Waals surface area contributed by atoms with Crippen LogP contribution in [-0.2, 0) is 18.6 Å². The average molecular weight is 284 g/mol. The third-order valence-corrected chi connectivity index (χ3v) is 5.01. The van der Waals surface area contributed by atoms with Crippen molar-refractivity contribution in [1.29, 1.82) is 0 Å². The molecule has 0 spiro atoms. The Labute approximate surface area is 125 Å². The lowest BCUT2D eigenvalue weighted by atomic mass is 10.1. The molecule has 0 saturated heterocycles. The fourth-order valence-corrected chi connectivity index (χ4v) is 3.57. The molecule has 0 heterocycles. The van der Waals surface area contributed by atoms with Crippen LogP contribution >= 0.6 is 11.8 Å². The minimum atomic E-state index is -0.384. The van der Waals surface area contributed by atoms with E-state index in [0.29, 0.717) is 0 Å². The minimum absolute atomic E-state index is 0.384. The van der Waals surface area contributed by atoms with Gasteiger partial charge in [0.05, 0.1) is 6.10 Å². The van der Waals surface area contributed by atoms with Gasteiger partial charge in [-0.05, 0) is 60.6 Å². The zero-order chi connectivity index (χ0) is 13.9. The summed E-state index contributed by atoms with van der Waals surface area (Å²) in [5.41, 5.74) is 5.48. The van der Waals surface area contributed by atoms with Gasteiger partial charge >= 0.3 is 0 Å². The summed E-state index contributed by atoms with van der Waals surface area (Å²) in [7, 11) is 0. The Kier molecular flexibility index (Phi) is 4.13. The molecular weight excluding hydrogens is 264 g/mol. The fraction of sp³-hybridized carbons (Fsp3) is 0.333. The van der Waals surface area contributed by atoms with E-state index >= 15 is 0 Å². The largest absolute Gasteiger partial charge is 0.389 e. The molecule has 2 heteroatoms. The summed E-state index contributed by atoms with van der Waals surface area (Å²) < 4.78 is 0. The summed E-state index contributed by atoms with van der Waals surface area (Å²) in [5, 5.41) is 9.51. The van der Waals surface area contributed by atoms with Gasteiger partial charge in [0.1, 0.15) is 0 Å². The number of thioether (sulfide) groups is 1. The second-order valence-corrected chi connectivity index (χ2v) is 6.54. The van der Waals surface area contributed by atoms with Crippen LogP contribution in [0.2, 0.25) is 0 Å². The predicted molar refractivity (Wildman–Crippen MR) is 85.1 cm³/mol. The Bertz CT molecular complexity index is 587. The number of aryl methyl sites for hydroxylation is 2. The molecule has 0 amide bonds. The summed E-state index contributed by atoms with van der Waals surface area (Å²) in [6.45, 7) is 1.80. The second kappa shape index (κ2) is 6.02. The first kappa shape index (κ1) is 13.7. The zero-order valence-corrected chi connectivity index (χ0v) is 12.6. The third-order valence-electron chi connectivity index (χ3n) is 3.93. The zero-order valence-electron chi connectivity index (χ0n) is 11.8. The maximum absolute atomic E-state index is 9.51. The van der Waals surface area contributed by atoms with E-state index in [1.54, 1.807) is 18.1 Å². The lowest BCUT2D eigenvalue weighted by molar-refractivity contribution is 0.199. The highest BCUT2D eigenvalue weighted by molar-refractivity contribution is 7.98. The van der Waals surface area contributed by atoms with Gasteiger partial charge in [-0.3, -0.25) is 0 Å². The smallest absolute Gasteiger partial charge is 0.0761 e. The Morgan fingerprint density at radius 2 is 1.80 bits per heavy atom. The van der Waals surface area contributed by atoms with E-state index in [2.05, 4.69) is 30.3 Å². The Morgan fingerprint density at radius 3 is 2.55 bits per heavy atom. The van der Waals surface area contributed by atoms with Crippen molar-refractivity contribution in [2.45, 2.75) is 42.9 Å². The number of hydrogen-bond donors (Lipinski definition) is 1. The van der Waals surface area contributed by atoms with Crippen LogP contribution in [0.15, 0.2) is 47.4 Å². The van der Waals surface area contributed by atoms with E-state index in [0.717, 1.165) is 11.3 Å². The summed E-state index contributed by atoms with van der Waals surface area (Å²) in [4.78, 5) is 1.26.